The van der Waals surface area contributed by atoms with Gasteiger partial charge in [-0.1, -0.05) is 29.5 Å². The van der Waals surface area contributed by atoms with Gasteiger partial charge < -0.3 is 18.9 Å². The molecular formula is C35H44N6O9S2. The predicted octanol–water partition coefficient (Wildman–Crippen LogP) is 3.34. The number of carbonyl (C=O) groups is 1. The largest absolute Gasteiger partial charge is 0.491 e. The molecule has 5 heterocycles. The van der Waals surface area contributed by atoms with E-state index in [-0.39, 0.29) is 36.8 Å². The van der Waals surface area contributed by atoms with Crippen LogP contribution in [0.4, 0.5) is 0 Å². The molecule has 3 aromatic heterocycles. The number of ether oxygens (including phenoxy) is 4. The Bertz CT molecular complexity index is 2190. The highest BCUT2D eigenvalue weighted by atomic mass is 32.2. The van der Waals surface area contributed by atoms with E-state index in [1.165, 1.54) is 46.9 Å². The van der Waals surface area contributed by atoms with Crippen molar-refractivity contribution in [3.63, 3.8) is 0 Å². The fraction of sp³-hybridized carbons (Fsp3) is 0.571. The summed E-state index contributed by atoms with van der Waals surface area (Å²) in [7, 11) is -2.48. The molecule has 4 aromatic rings. The molecule has 17 heteroatoms. The SMILES string of the molecule is COCCOc1ccccc1[C@H](Cn1c(=O)n(C(C)(C)C(=O)NS(=O)(=O)C2(C)CC2)c(=O)c2c(C)c(-n3nccn3)sc21)O[C@H]1C[C@H]2CC[C@@H](C1)O2. The van der Waals surface area contributed by atoms with Crippen LogP contribution in [-0.4, -0.2) is 81.8 Å². The molecule has 3 aliphatic rings. The number of nitrogens with zero attached hydrogens (tertiary/aromatic N) is 5. The second-order valence-electron chi connectivity index (χ2n) is 14.6. The Morgan fingerprint density at radius 2 is 1.79 bits per heavy atom. The molecule has 280 valence electrons. The number of sulfonamides is 1. The molecule has 1 aromatic carbocycles. The number of amides is 1. The molecule has 0 unspecified atom stereocenters. The third kappa shape index (κ3) is 6.61. The first kappa shape index (κ1) is 36.5. The first-order chi connectivity index (χ1) is 24.7. The standard InChI is InChI=1S/C35H44N6O9S2/c1-21-28-29(42)40(34(2,3)32(43)38-52(45,46)35(4)12-13-35)33(44)39(31(28)51-30(21)41-36-14-15-37-41)20-27(50-24-18-22-10-11-23(19-24)49-22)25-8-6-7-9-26(25)48-17-16-47-5/h6-9,14-15,22-24,27H,10-13,16-20H2,1-5H3,(H,38,43)/t22-,23+,24+,27-/m0/s1. The van der Waals surface area contributed by atoms with Gasteiger partial charge in [-0.3, -0.25) is 18.9 Å². The van der Waals surface area contributed by atoms with E-state index in [0.29, 0.717) is 59.0 Å². The minimum Gasteiger partial charge on any atom is -0.491 e. The summed E-state index contributed by atoms with van der Waals surface area (Å²) in [6.45, 7) is 6.61. The van der Waals surface area contributed by atoms with E-state index in [4.69, 9.17) is 18.9 Å². The zero-order valence-corrected chi connectivity index (χ0v) is 31.5. The summed E-state index contributed by atoms with van der Waals surface area (Å²) < 4.78 is 54.0. The van der Waals surface area contributed by atoms with E-state index in [9.17, 15) is 22.8 Å². The highest BCUT2D eigenvalue weighted by Gasteiger charge is 2.52. The molecule has 3 fully saturated rings. The number of carbonyl (C=O) groups excluding carboxylic acids is 1. The van der Waals surface area contributed by atoms with Crippen LogP contribution in [0, 0.1) is 6.92 Å². The van der Waals surface area contributed by atoms with Gasteiger partial charge in [0.05, 0.1) is 54.0 Å². The van der Waals surface area contributed by atoms with E-state index in [1.54, 1.807) is 21.0 Å². The minimum atomic E-state index is -4.07. The zero-order valence-electron chi connectivity index (χ0n) is 29.9. The van der Waals surface area contributed by atoms with Crippen LogP contribution in [0.25, 0.3) is 15.2 Å². The Balaban J connectivity index is 1.38. The molecule has 0 spiro atoms. The number of fused-ring (bicyclic) bond motifs is 3. The van der Waals surface area contributed by atoms with Crippen LogP contribution in [0.1, 0.15) is 76.5 Å². The van der Waals surface area contributed by atoms with Gasteiger partial charge in [-0.15, -0.1) is 4.80 Å². The van der Waals surface area contributed by atoms with Crippen molar-refractivity contribution < 1.29 is 32.2 Å². The van der Waals surface area contributed by atoms with Crippen LogP contribution in [-0.2, 0) is 41.1 Å². The molecule has 2 aliphatic heterocycles. The molecule has 2 saturated heterocycles. The number of para-hydroxylation sites is 1. The molecule has 0 radical (unpaired) electrons. The van der Waals surface area contributed by atoms with E-state index in [0.717, 1.165) is 17.4 Å². The van der Waals surface area contributed by atoms with E-state index in [1.807, 2.05) is 24.3 Å². The van der Waals surface area contributed by atoms with Gasteiger partial charge in [0.1, 0.15) is 33.8 Å². The molecule has 1 aliphatic carbocycles. The molecule has 7 rings (SSSR count). The fourth-order valence-corrected chi connectivity index (χ4v) is 9.66. The first-order valence-corrected chi connectivity index (χ1v) is 19.8. The van der Waals surface area contributed by atoms with Crippen molar-refractivity contribution in [2.45, 2.75) is 107 Å². The van der Waals surface area contributed by atoms with Crippen LogP contribution in [0.2, 0.25) is 0 Å². The average molecular weight is 757 g/mol. The van der Waals surface area contributed by atoms with Crippen molar-refractivity contribution in [1.82, 2.24) is 28.9 Å². The number of hydrogen-bond acceptors (Lipinski definition) is 12. The third-order valence-electron chi connectivity index (χ3n) is 10.5. The van der Waals surface area contributed by atoms with Gasteiger partial charge in [-0.2, -0.15) is 10.2 Å². The normalized spacial score (nSPS) is 21.7. The summed E-state index contributed by atoms with van der Waals surface area (Å²) in [5.41, 5.74) is -2.26. The molecule has 1 N–H and O–H groups in total. The quantitative estimate of drug-likeness (QED) is 0.187. The molecular weight excluding hydrogens is 713 g/mol. The van der Waals surface area contributed by atoms with Gasteiger partial charge in [-0.25, -0.2) is 17.8 Å². The highest BCUT2D eigenvalue weighted by molar-refractivity contribution is 7.91. The number of rotatable bonds is 14. The van der Waals surface area contributed by atoms with E-state index >= 15 is 0 Å². The van der Waals surface area contributed by atoms with Crippen molar-refractivity contribution in [3.8, 4) is 10.8 Å². The number of aryl methyl sites for hydroxylation is 1. The monoisotopic (exact) mass is 756 g/mol. The summed E-state index contributed by atoms with van der Waals surface area (Å²) in [6, 6.07) is 7.44. The molecule has 1 saturated carbocycles. The van der Waals surface area contributed by atoms with Gasteiger partial charge in [0, 0.05) is 18.2 Å². The van der Waals surface area contributed by atoms with Gasteiger partial charge in [-0.05, 0) is 72.3 Å². The molecule has 15 nitrogen and oxygen atoms in total. The second kappa shape index (κ2) is 13.8. The zero-order chi connectivity index (χ0) is 37.0. The minimum absolute atomic E-state index is 0.0625. The first-order valence-electron chi connectivity index (χ1n) is 17.5. The van der Waals surface area contributed by atoms with Gasteiger partial charge in [0.15, 0.2) is 0 Å². The maximum Gasteiger partial charge on any atom is 0.333 e. The second-order valence-corrected chi connectivity index (χ2v) is 17.7. The topological polar surface area (TPSA) is 175 Å². The van der Waals surface area contributed by atoms with Crippen molar-refractivity contribution in [1.29, 1.82) is 0 Å². The Morgan fingerprint density at radius 3 is 2.44 bits per heavy atom. The Morgan fingerprint density at radius 1 is 1.12 bits per heavy atom. The molecule has 2 bridgehead atoms. The van der Waals surface area contributed by atoms with Crippen molar-refractivity contribution in [3.05, 3.63) is 68.6 Å². The number of hydrogen-bond donors (Lipinski definition) is 1. The Kier molecular flexibility index (Phi) is 9.69. The fourth-order valence-electron chi connectivity index (χ4n) is 7.06. The summed E-state index contributed by atoms with van der Waals surface area (Å²) in [5, 5.41) is 9.24. The lowest BCUT2D eigenvalue weighted by atomic mass is 10.0. The van der Waals surface area contributed by atoms with Crippen LogP contribution in [0.5, 0.6) is 5.75 Å². The van der Waals surface area contributed by atoms with Gasteiger partial charge in [0.2, 0.25) is 10.0 Å². The number of nitrogens with one attached hydrogen (secondary N) is 1. The maximum absolute atomic E-state index is 14.8. The van der Waals surface area contributed by atoms with Crippen LogP contribution in [0.15, 0.2) is 46.2 Å². The molecule has 4 atom stereocenters. The van der Waals surface area contributed by atoms with Crippen molar-refractivity contribution in [2.75, 3.05) is 20.3 Å². The third-order valence-corrected chi connectivity index (χ3v) is 13.9. The molecule has 52 heavy (non-hydrogen) atoms. The van der Waals surface area contributed by atoms with Crippen molar-refractivity contribution in [2.24, 2.45) is 0 Å². The van der Waals surface area contributed by atoms with Crippen LogP contribution < -0.4 is 20.7 Å². The van der Waals surface area contributed by atoms with E-state index < -0.39 is 43.6 Å². The highest BCUT2D eigenvalue weighted by Crippen LogP contribution is 2.43. The Labute approximate surface area is 304 Å². The van der Waals surface area contributed by atoms with Gasteiger partial charge >= 0.3 is 5.69 Å². The number of methoxy groups -OCH3 is 1. The summed E-state index contributed by atoms with van der Waals surface area (Å²) in [4.78, 5) is 44.9. The number of thiophene rings is 1. The average Bonchev–Trinajstić information content (AvgIpc) is 3.38. The van der Waals surface area contributed by atoms with Crippen molar-refractivity contribution >= 4 is 37.5 Å². The summed E-state index contributed by atoms with van der Waals surface area (Å²) in [5.74, 6) is -0.436. The summed E-state index contributed by atoms with van der Waals surface area (Å²) in [6.07, 6.45) is 6.39. The summed E-state index contributed by atoms with van der Waals surface area (Å²) >= 11 is 1.17. The van der Waals surface area contributed by atoms with E-state index in [2.05, 4.69) is 14.9 Å². The number of aromatic nitrogens is 5. The lowest BCUT2D eigenvalue weighted by molar-refractivity contribution is -0.126. The van der Waals surface area contributed by atoms with Crippen LogP contribution >= 0.6 is 11.3 Å². The van der Waals surface area contributed by atoms with Gasteiger partial charge in [0.25, 0.3) is 11.5 Å². The molecule has 1 amide bonds. The Hall–Kier alpha value is -3.90. The lowest BCUT2D eigenvalue weighted by Gasteiger charge is -2.33. The predicted molar refractivity (Wildman–Crippen MR) is 193 cm³/mol. The van der Waals surface area contributed by atoms with Crippen LogP contribution in [0.3, 0.4) is 0 Å². The maximum atomic E-state index is 14.8. The smallest absolute Gasteiger partial charge is 0.333 e. The lowest BCUT2D eigenvalue weighted by Crippen LogP contribution is -2.57. The number of benzene rings is 1.